The Bertz CT molecular complexity index is 229. The quantitative estimate of drug-likeness (QED) is 0.704. The molecule has 1 aliphatic carbocycles. The van der Waals surface area contributed by atoms with Crippen LogP contribution in [0.1, 0.15) is 39.0 Å². The van der Waals surface area contributed by atoms with E-state index in [4.69, 9.17) is 10.2 Å². The Balaban J connectivity index is 0.000000262. The standard InChI is InChI=1S/C6H10O2.C5H8O2/c1-2-3-4-5-6(7)8;6-5(7)4-2-1-3-4/h2-3H,4-5H2,1H3,(H,7,8);4H,1-3H2,(H,6,7)/b3-2+;. The van der Waals surface area contributed by atoms with Crippen molar-refractivity contribution in [1.29, 1.82) is 0 Å². The number of carboxylic acids is 2. The van der Waals surface area contributed by atoms with E-state index in [1.807, 2.05) is 19.1 Å². The van der Waals surface area contributed by atoms with Gasteiger partial charge in [-0.3, -0.25) is 9.59 Å². The largest absolute Gasteiger partial charge is 0.481 e. The highest BCUT2D eigenvalue weighted by Crippen LogP contribution is 2.25. The van der Waals surface area contributed by atoms with E-state index in [0.29, 0.717) is 6.42 Å². The van der Waals surface area contributed by atoms with Crippen LogP contribution in [0.4, 0.5) is 0 Å². The summed E-state index contributed by atoms with van der Waals surface area (Å²) in [7, 11) is 0. The zero-order valence-corrected chi connectivity index (χ0v) is 8.98. The Morgan fingerprint density at radius 1 is 1.33 bits per heavy atom. The van der Waals surface area contributed by atoms with Gasteiger partial charge in [-0.1, -0.05) is 18.6 Å². The molecule has 2 N–H and O–H groups in total. The van der Waals surface area contributed by atoms with Gasteiger partial charge in [0.2, 0.25) is 0 Å². The van der Waals surface area contributed by atoms with Gasteiger partial charge in [-0.15, -0.1) is 0 Å². The summed E-state index contributed by atoms with van der Waals surface area (Å²) in [6.45, 7) is 1.88. The fraction of sp³-hybridized carbons (Fsp3) is 0.636. The minimum atomic E-state index is -0.733. The molecule has 4 heteroatoms. The van der Waals surface area contributed by atoms with Crippen molar-refractivity contribution in [2.45, 2.75) is 39.0 Å². The maximum Gasteiger partial charge on any atom is 0.306 e. The zero-order chi connectivity index (χ0) is 11.7. The van der Waals surface area contributed by atoms with Gasteiger partial charge in [0, 0.05) is 6.42 Å². The van der Waals surface area contributed by atoms with Crippen molar-refractivity contribution in [3.8, 4) is 0 Å². The highest BCUT2D eigenvalue weighted by atomic mass is 16.4. The molecule has 0 saturated heterocycles. The second kappa shape index (κ2) is 8.03. The molecule has 0 aromatic rings. The van der Waals surface area contributed by atoms with Gasteiger partial charge < -0.3 is 10.2 Å². The molecule has 0 aromatic heterocycles. The summed E-state index contributed by atoms with van der Waals surface area (Å²) in [5.74, 6) is -1.35. The third-order valence-corrected chi connectivity index (χ3v) is 2.21. The van der Waals surface area contributed by atoms with Crippen LogP contribution in [0.5, 0.6) is 0 Å². The number of aliphatic carboxylic acids is 2. The molecule has 15 heavy (non-hydrogen) atoms. The lowest BCUT2D eigenvalue weighted by atomic mass is 9.86. The maximum absolute atomic E-state index is 9.98. The molecule has 0 aliphatic heterocycles. The Hall–Kier alpha value is -1.32. The highest BCUT2D eigenvalue weighted by molar-refractivity contribution is 5.70. The van der Waals surface area contributed by atoms with Gasteiger partial charge in [-0.05, 0) is 26.2 Å². The molecule has 1 fully saturated rings. The smallest absolute Gasteiger partial charge is 0.306 e. The molecule has 0 unspecified atom stereocenters. The van der Waals surface area contributed by atoms with Crippen molar-refractivity contribution in [2.24, 2.45) is 5.92 Å². The second-order valence-electron chi connectivity index (χ2n) is 3.47. The number of allylic oxidation sites excluding steroid dienone is 2. The van der Waals surface area contributed by atoms with Crippen LogP contribution in [0.3, 0.4) is 0 Å². The van der Waals surface area contributed by atoms with E-state index in [1.165, 1.54) is 0 Å². The number of carboxylic acid groups (broad SMARTS) is 2. The number of hydrogen-bond acceptors (Lipinski definition) is 2. The van der Waals surface area contributed by atoms with E-state index in [0.717, 1.165) is 19.3 Å². The minimum Gasteiger partial charge on any atom is -0.481 e. The second-order valence-corrected chi connectivity index (χ2v) is 3.47. The molecule has 0 aromatic carbocycles. The predicted octanol–water partition coefficient (Wildman–Crippen LogP) is 2.30. The average Bonchev–Trinajstić information content (AvgIpc) is 2.00. The third kappa shape index (κ3) is 7.73. The van der Waals surface area contributed by atoms with E-state index in [1.54, 1.807) is 0 Å². The van der Waals surface area contributed by atoms with Gasteiger partial charge in [-0.25, -0.2) is 0 Å². The topological polar surface area (TPSA) is 74.6 Å². The summed E-state index contributed by atoms with van der Waals surface area (Å²) < 4.78 is 0. The van der Waals surface area contributed by atoms with Crippen LogP contribution >= 0.6 is 0 Å². The van der Waals surface area contributed by atoms with Crippen molar-refractivity contribution < 1.29 is 19.8 Å². The molecular formula is C11H18O4. The van der Waals surface area contributed by atoms with Gasteiger partial charge >= 0.3 is 11.9 Å². The van der Waals surface area contributed by atoms with Gasteiger partial charge in [0.1, 0.15) is 0 Å². The van der Waals surface area contributed by atoms with Crippen LogP contribution in [0.2, 0.25) is 0 Å². The van der Waals surface area contributed by atoms with Gasteiger partial charge in [-0.2, -0.15) is 0 Å². The maximum atomic E-state index is 9.98. The molecule has 0 bridgehead atoms. The summed E-state index contributed by atoms with van der Waals surface area (Å²) in [6.07, 6.45) is 7.48. The van der Waals surface area contributed by atoms with E-state index in [9.17, 15) is 9.59 Å². The summed E-state index contributed by atoms with van der Waals surface area (Å²) in [5, 5.41) is 16.3. The zero-order valence-electron chi connectivity index (χ0n) is 8.98. The third-order valence-electron chi connectivity index (χ3n) is 2.21. The average molecular weight is 214 g/mol. The van der Waals surface area contributed by atoms with E-state index >= 15 is 0 Å². The number of carbonyl (C=O) groups is 2. The van der Waals surface area contributed by atoms with E-state index < -0.39 is 11.9 Å². The van der Waals surface area contributed by atoms with Crippen molar-refractivity contribution in [1.82, 2.24) is 0 Å². The first kappa shape index (κ1) is 13.7. The first-order valence-electron chi connectivity index (χ1n) is 5.13. The number of rotatable bonds is 4. The van der Waals surface area contributed by atoms with Crippen LogP contribution in [0, 0.1) is 5.92 Å². The van der Waals surface area contributed by atoms with Crippen LogP contribution in [-0.4, -0.2) is 22.2 Å². The Morgan fingerprint density at radius 2 is 1.93 bits per heavy atom. The van der Waals surface area contributed by atoms with Crippen LogP contribution in [-0.2, 0) is 9.59 Å². The molecule has 0 radical (unpaired) electrons. The fourth-order valence-corrected chi connectivity index (χ4v) is 1.03. The molecule has 0 spiro atoms. The van der Waals surface area contributed by atoms with Crippen molar-refractivity contribution in [3.05, 3.63) is 12.2 Å². The molecular weight excluding hydrogens is 196 g/mol. The lowest BCUT2D eigenvalue weighted by Crippen LogP contribution is -2.20. The first-order chi connectivity index (χ1) is 7.07. The van der Waals surface area contributed by atoms with Crippen molar-refractivity contribution >= 4 is 11.9 Å². The van der Waals surface area contributed by atoms with Crippen LogP contribution in [0.15, 0.2) is 12.2 Å². The summed E-state index contributed by atoms with van der Waals surface area (Å²) in [6, 6.07) is 0. The van der Waals surface area contributed by atoms with Gasteiger partial charge in [0.25, 0.3) is 0 Å². The van der Waals surface area contributed by atoms with Crippen LogP contribution < -0.4 is 0 Å². The molecule has 0 amide bonds. The molecule has 1 aliphatic rings. The summed E-state index contributed by atoms with van der Waals surface area (Å²) in [4.78, 5) is 19.8. The van der Waals surface area contributed by atoms with Crippen molar-refractivity contribution in [2.75, 3.05) is 0 Å². The Kier molecular flexibility index (Phi) is 7.32. The molecule has 4 nitrogen and oxygen atoms in total. The lowest BCUT2D eigenvalue weighted by Gasteiger charge is -2.19. The number of hydrogen-bond donors (Lipinski definition) is 2. The Morgan fingerprint density at radius 3 is 2.13 bits per heavy atom. The Labute approximate surface area is 89.6 Å². The summed E-state index contributed by atoms with van der Waals surface area (Å²) in [5.41, 5.74) is 0. The van der Waals surface area contributed by atoms with Crippen LogP contribution in [0.25, 0.3) is 0 Å². The normalized spacial score (nSPS) is 15.3. The molecule has 0 atom stereocenters. The minimum absolute atomic E-state index is 0.000000000000000444. The highest BCUT2D eigenvalue weighted by Gasteiger charge is 2.23. The monoisotopic (exact) mass is 214 g/mol. The van der Waals surface area contributed by atoms with E-state index in [2.05, 4.69) is 0 Å². The SMILES string of the molecule is C/C=C/CCC(=O)O.O=C(O)C1CCC1. The van der Waals surface area contributed by atoms with Gasteiger partial charge in [0.05, 0.1) is 5.92 Å². The van der Waals surface area contributed by atoms with Crippen molar-refractivity contribution in [3.63, 3.8) is 0 Å². The molecule has 1 rings (SSSR count). The molecule has 86 valence electrons. The summed E-state index contributed by atoms with van der Waals surface area (Å²) >= 11 is 0. The predicted molar refractivity (Wildman–Crippen MR) is 56.7 cm³/mol. The van der Waals surface area contributed by atoms with E-state index in [-0.39, 0.29) is 12.3 Å². The molecule has 1 saturated carbocycles. The first-order valence-corrected chi connectivity index (χ1v) is 5.13. The lowest BCUT2D eigenvalue weighted by molar-refractivity contribution is -0.144. The molecule has 0 heterocycles. The fourth-order valence-electron chi connectivity index (χ4n) is 1.03. The van der Waals surface area contributed by atoms with Gasteiger partial charge in [0.15, 0.2) is 0 Å².